The second kappa shape index (κ2) is 4.51. The third kappa shape index (κ3) is 1.88. The molecule has 0 radical (unpaired) electrons. The zero-order chi connectivity index (χ0) is 13.7. The maximum atomic E-state index is 10.0. The maximum absolute atomic E-state index is 10.0. The summed E-state index contributed by atoms with van der Waals surface area (Å²) in [5.41, 5.74) is 6.27. The van der Waals surface area contributed by atoms with Crippen molar-refractivity contribution in [2.45, 2.75) is 31.5 Å². The van der Waals surface area contributed by atoms with Gasteiger partial charge in [-0.2, -0.15) is 5.10 Å². The first-order valence-electron chi connectivity index (χ1n) is 5.66. The van der Waals surface area contributed by atoms with Gasteiger partial charge in [0, 0.05) is 0 Å². The number of hydrogen-bond donors (Lipinski definition) is 3. The van der Waals surface area contributed by atoms with E-state index in [-0.39, 0.29) is 0 Å². The van der Waals surface area contributed by atoms with Gasteiger partial charge in [-0.3, -0.25) is 0 Å². The fourth-order valence-corrected chi connectivity index (χ4v) is 2.91. The Kier molecular flexibility index (Phi) is 3.08. The molecule has 0 saturated carbocycles. The number of anilines is 1. The molecule has 3 rings (SSSR count). The highest BCUT2D eigenvalue weighted by Crippen LogP contribution is 2.32. The van der Waals surface area contributed by atoms with Crippen LogP contribution in [0.5, 0.6) is 0 Å². The summed E-state index contributed by atoms with van der Waals surface area (Å²) >= 11 is 2.02. The van der Waals surface area contributed by atoms with Crippen LogP contribution in [0.2, 0.25) is 0 Å². The van der Waals surface area contributed by atoms with Gasteiger partial charge in [0.25, 0.3) is 0 Å². The Morgan fingerprint density at radius 1 is 1.37 bits per heavy atom. The topological polar surface area (TPSA) is 119 Å². The molecule has 0 spiro atoms. The maximum Gasteiger partial charge on any atom is 0.181 e. The summed E-state index contributed by atoms with van der Waals surface area (Å²) in [5.74, 6) is 0.321. The lowest BCUT2D eigenvalue weighted by atomic mass is 10.1. The lowest BCUT2D eigenvalue weighted by Crippen LogP contribution is -2.30. The number of nitrogen functional groups attached to an aromatic ring is 1. The third-order valence-corrected chi connectivity index (χ3v) is 3.95. The van der Waals surface area contributed by atoms with Crippen LogP contribution in [-0.2, 0) is 4.74 Å². The van der Waals surface area contributed by atoms with Crippen molar-refractivity contribution in [3.63, 3.8) is 0 Å². The first-order valence-corrected chi connectivity index (χ1v) is 6.74. The molecule has 1 saturated heterocycles. The largest absolute Gasteiger partial charge is 0.388 e. The number of hydrogen-bond acceptors (Lipinski definition) is 7. The molecule has 19 heavy (non-hydrogen) atoms. The molecule has 4 N–H and O–H groups in total. The van der Waals surface area contributed by atoms with E-state index in [1.807, 2.05) is 22.6 Å². The molecular weight excluding hydrogens is 365 g/mol. The predicted molar refractivity (Wildman–Crippen MR) is 74.0 cm³/mol. The zero-order valence-corrected chi connectivity index (χ0v) is 12.1. The quantitative estimate of drug-likeness (QED) is 0.582. The molecule has 2 aromatic heterocycles. The van der Waals surface area contributed by atoms with Crippen LogP contribution in [0, 0.1) is 3.70 Å². The number of rotatable bonds is 1. The molecule has 1 fully saturated rings. The molecule has 8 nitrogen and oxygen atoms in total. The van der Waals surface area contributed by atoms with E-state index >= 15 is 0 Å². The number of aliphatic hydroxyl groups is 2. The van der Waals surface area contributed by atoms with Gasteiger partial charge in [0.2, 0.25) is 0 Å². The smallest absolute Gasteiger partial charge is 0.181 e. The molecule has 0 unspecified atom stereocenters. The Labute approximate surface area is 121 Å². The zero-order valence-electron chi connectivity index (χ0n) is 9.93. The molecule has 9 heteroatoms. The van der Waals surface area contributed by atoms with Crippen molar-refractivity contribution >= 4 is 39.4 Å². The van der Waals surface area contributed by atoms with Gasteiger partial charge < -0.3 is 20.7 Å². The van der Waals surface area contributed by atoms with Gasteiger partial charge in [-0.05, 0) is 29.5 Å². The number of nitrogens with two attached hydrogens (primary N) is 1. The van der Waals surface area contributed by atoms with E-state index in [9.17, 15) is 10.2 Å². The number of halogens is 1. The molecule has 1 aliphatic rings. The van der Waals surface area contributed by atoms with Crippen molar-refractivity contribution in [1.29, 1.82) is 0 Å². The molecular formula is C10H12IN5O3. The number of nitrogens with zero attached hydrogens (tertiary/aromatic N) is 4. The second-order valence-corrected chi connectivity index (χ2v) is 5.43. The lowest BCUT2D eigenvalue weighted by molar-refractivity contribution is -0.0374. The Morgan fingerprint density at radius 2 is 2.11 bits per heavy atom. The highest BCUT2D eigenvalue weighted by molar-refractivity contribution is 14.1. The number of ether oxygens (including phenoxy) is 1. The summed E-state index contributed by atoms with van der Waals surface area (Å²) in [5, 5.41) is 24.7. The van der Waals surface area contributed by atoms with Gasteiger partial charge in [0.15, 0.2) is 11.9 Å². The molecule has 0 aliphatic carbocycles. The first-order chi connectivity index (χ1) is 9.00. The highest BCUT2D eigenvalue weighted by atomic mass is 127. The number of aromatic nitrogens is 4. The molecule has 3 heterocycles. The Morgan fingerprint density at radius 3 is 2.74 bits per heavy atom. The van der Waals surface area contributed by atoms with Crippen LogP contribution in [-0.4, -0.2) is 48.3 Å². The van der Waals surface area contributed by atoms with Gasteiger partial charge in [0.1, 0.15) is 28.1 Å². The normalized spacial score (nSPS) is 31.2. The van der Waals surface area contributed by atoms with Crippen molar-refractivity contribution < 1.29 is 14.9 Å². The standard InChI is InChI=1S/C10H12IN5O3/c1-3-5(17)6(18)10(19-3)16-9-4(7(11)15-16)8(12)13-2-14-9/h2-3,5-6,10,17-18H,1H3,(H2,12,13,14)/t3-,5-,6-,10-/m1/s1. The van der Waals surface area contributed by atoms with Gasteiger partial charge in [-0.25, -0.2) is 14.6 Å². The summed E-state index contributed by atoms with van der Waals surface area (Å²) in [4.78, 5) is 8.04. The summed E-state index contributed by atoms with van der Waals surface area (Å²) in [7, 11) is 0. The van der Waals surface area contributed by atoms with E-state index < -0.39 is 24.5 Å². The molecule has 4 atom stereocenters. The van der Waals surface area contributed by atoms with Crippen LogP contribution in [0.3, 0.4) is 0 Å². The molecule has 0 amide bonds. The van der Waals surface area contributed by atoms with Crippen LogP contribution >= 0.6 is 22.6 Å². The molecule has 0 aromatic carbocycles. The van der Waals surface area contributed by atoms with E-state index in [2.05, 4.69) is 15.1 Å². The minimum atomic E-state index is -1.06. The van der Waals surface area contributed by atoms with Crippen molar-refractivity contribution in [3.05, 3.63) is 10.0 Å². The summed E-state index contributed by atoms with van der Waals surface area (Å²) in [6.07, 6.45) is -1.96. The van der Waals surface area contributed by atoms with Crippen LogP contribution in [0.1, 0.15) is 13.2 Å². The van der Waals surface area contributed by atoms with Gasteiger partial charge in [-0.15, -0.1) is 0 Å². The van der Waals surface area contributed by atoms with Crippen LogP contribution < -0.4 is 5.73 Å². The Balaban J connectivity index is 2.14. The average Bonchev–Trinajstić information content (AvgIpc) is 2.83. The Hall–Kier alpha value is -1.04. The first kappa shape index (κ1) is 13.0. The van der Waals surface area contributed by atoms with Crippen molar-refractivity contribution in [1.82, 2.24) is 19.7 Å². The monoisotopic (exact) mass is 377 g/mol. The van der Waals surface area contributed by atoms with Crippen molar-refractivity contribution in [3.8, 4) is 0 Å². The summed E-state index contributed by atoms with van der Waals surface area (Å²) in [6, 6.07) is 0. The van der Waals surface area contributed by atoms with E-state index in [0.717, 1.165) is 0 Å². The minimum absolute atomic E-state index is 0.321. The van der Waals surface area contributed by atoms with Gasteiger partial charge >= 0.3 is 0 Å². The highest BCUT2D eigenvalue weighted by Gasteiger charge is 2.42. The van der Waals surface area contributed by atoms with E-state index in [1.54, 1.807) is 6.92 Å². The fraction of sp³-hybridized carbons (Fsp3) is 0.500. The minimum Gasteiger partial charge on any atom is -0.388 e. The van der Waals surface area contributed by atoms with Gasteiger partial charge in [0.05, 0.1) is 11.5 Å². The summed E-state index contributed by atoms with van der Waals surface area (Å²) < 4.78 is 7.59. The third-order valence-electron chi connectivity index (χ3n) is 3.19. The Bertz CT molecular complexity index is 633. The average molecular weight is 377 g/mol. The number of fused-ring (bicyclic) bond motifs is 1. The number of aliphatic hydroxyl groups excluding tert-OH is 2. The van der Waals surface area contributed by atoms with Crippen LogP contribution in [0.4, 0.5) is 5.82 Å². The van der Waals surface area contributed by atoms with E-state index in [0.29, 0.717) is 20.6 Å². The van der Waals surface area contributed by atoms with Gasteiger partial charge in [-0.1, -0.05) is 0 Å². The molecule has 2 aromatic rings. The van der Waals surface area contributed by atoms with Crippen LogP contribution in [0.15, 0.2) is 6.33 Å². The van der Waals surface area contributed by atoms with E-state index in [1.165, 1.54) is 11.0 Å². The van der Waals surface area contributed by atoms with Crippen molar-refractivity contribution in [2.24, 2.45) is 0 Å². The molecule has 1 aliphatic heterocycles. The SMILES string of the molecule is C[C@H]1O[C@@H](n2nc(I)c3c(N)ncnc32)[C@H](O)[C@@H]1O. The van der Waals surface area contributed by atoms with Crippen molar-refractivity contribution in [2.75, 3.05) is 5.73 Å². The second-order valence-electron chi connectivity index (χ2n) is 4.41. The van der Waals surface area contributed by atoms with Crippen LogP contribution in [0.25, 0.3) is 11.0 Å². The van der Waals surface area contributed by atoms with E-state index in [4.69, 9.17) is 10.5 Å². The predicted octanol–water partition coefficient (Wildman–Crippen LogP) is -0.348. The lowest BCUT2D eigenvalue weighted by Gasteiger charge is -2.15. The fourth-order valence-electron chi connectivity index (χ4n) is 2.16. The summed E-state index contributed by atoms with van der Waals surface area (Å²) in [6.45, 7) is 1.69. The molecule has 0 bridgehead atoms. The molecule has 102 valence electrons.